The van der Waals surface area contributed by atoms with Crippen LogP contribution in [0.4, 0.5) is 5.69 Å². The number of nitrogens with zero attached hydrogens (tertiary/aromatic N) is 6. The second-order valence-corrected chi connectivity index (χ2v) is 8.85. The van der Waals surface area contributed by atoms with Gasteiger partial charge in [0.15, 0.2) is 10.2 Å². The van der Waals surface area contributed by atoms with Gasteiger partial charge in [-0.2, -0.15) is 9.98 Å². The van der Waals surface area contributed by atoms with E-state index in [0.717, 1.165) is 21.0 Å². The van der Waals surface area contributed by atoms with Crippen LogP contribution in [0.2, 0.25) is 0 Å². The highest BCUT2D eigenvalue weighted by Gasteiger charge is 2.08. The molecule has 0 aliphatic rings. The molecule has 2 aromatic rings. The summed E-state index contributed by atoms with van der Waals surface area (Å²) in [6.07, 6.45) is 0. The van der Waals surface area contributed by atoms with Crippen LogP contribution in [0.1, 0.15) is 0 Å². The highest BCUT2D eigenvalue weighted by molar-refractivity contribution is 7.80. The first-order valence-corrected chi connectivity index (χ1v) is 10.7. The molecular formula is C16H22N6S4. The molecule has 0 aliphatic carbocycles. The first-order valence-electron chi connectivity index (χ1n) is 7.72. The maximum absolute atomic E-state index is 5.35. The van der Waals surface area contributed by atoms with Gasteiger partial charge >= 0.3 is 0 Å². The minimum atomic E-state index is 0.513. The molecule has 26 heavy (non-hydrogen) atoms. The van der Waals surface area contributed by atoms with Crippen LogP contribution in [0.3, 0.4) is 0 Å². The van der Waals surface area contributed by atoms with E-state index in [1.165, 1.54) is 20.7 Å². The van der Waals surface area contributed by atoms with E-state index >= 15 is 0 Å². The van der Waals surface area contributed by atoms with Crippen molar-refractivity contribution in [1.29, 1.82) is 0 Å². The predicted octanol–water partition coefficient (Wildman–Crippen LogP) is 2.16. The van der Waals surface area contributed by atoms with Crippen molar-refractivity contribution < 1.29 is 0 Å². The van der Waals surface area contributed by atoms with Gasteiger partial charge in [0.25, 0.3) is 0 Å². The van der Waals surface area contributed by atoms with Gasteiger partial charge in [0.2, 0.25) is 9.60 Å². The number of benzene rings is 1. The van der Waals surface area contributed by atoms with Crippen LogP contribution in [0, 0.1) is 0 Å². The van der Waals surface area contributed by atoms with Gasteiger partial charge < -0.3 is 14.7 Å². The molecule has 0 amide bonds. The Bertz CT molecular complexity index is 866. The lowest BCUT2D eigenvalue weighted by Gasteiger charge is -2.13. The Morgan fingerprint density at radius 1 is 0.808 bits per heavy atom. The fourth-order valence-electron chi connectivity index (χ4n) is 1.85. The number of thiocarbonyl (C=S) groups is 2. The number of hydrogen-bond acceptors (Lipinski definition) is 5. The molecule has 10 heteroatoms. The first-order chi connectivity index (χ1) is 12.2. The minimum Gasteiger partial charge on any atom is -0.378 e. The molecule has 140 valence electrons. The van der Waals surface area contributed by atoms with E-state index in [1.54, 1.807) is 9.80 Å². The molecule has 0 saturated carbocycles. The summed E-state index contributed by atoms with van der Waals surface area (Å²) in [6, 6.07) is 8.22. The van der Waals surface area contributed by atoms with Crippen LogP contribution in [-0.2, 0) is 0 Å². The average Bonchev–Trinajstić information content (AvgIpc) is 2.96. The van der Waals surface area contributed by atoms with Crippen LogP contribution in [0.15, 0.2) is 34.3 Å². The Hall–Kier alpha value is -1.62. The van der Waals surface area contributed by atoms with Gasteiger partial charge in [-0.1, -0.05) is 0 Å². The fourth-order valence-corrected chi connectivity index (χ4v) is 4.25. The quantitative estimate of drug-likeness (QED) is 0.544. The second-order valence-electron chi connectivity index (χ2n) is 6.06. The third-order valence-corrected chi connectivity index (χ3v) is 6.33. The standard InChI is InChI=1S/C16H22N6S4/c1-19(2)11-7-9-12(10-8-11)22-15(17-13(23)20(3)4)25-26-16(22)18-14(24)21(5)6/h7-10H,1-6H3/b17-15-,18-16-. The van der Waals surface area contributed by atoms with Gasteiger partial charge in [-0.15, -0.1) is 0 Å². The maximum atomic E-state index is 5.35. The Morgan fingerprint density at radius 2 is 1.23 bits per heavy atom. The summed E-state index contributed by atoms with van der Waals surface area (Å²) in [4.78, 5) is 16.4. The van der Waals surface area contributed by atoms with Crippen molar-refractivity contribution in [2.45, 2.75) is 0 Å². The van der Waals surface area contributed by atoms with Gasteiger partial charge in [-0.05, 0) is 69.4 Å². The molecule has 1 aromatic carbocycles. The summed E-state index contributed by atoms with van der Waals surface area (Å²) in [5, 5.41) is 1.03. The van der Waals surface area contributed by atoms with Gasteiger partial charge in [0.1, 0.15) is 0 Å². The number of aromatic nitrogens is 1. The average molecular weight is 427 g/mol. The number of rotatable bonds is 2. The molecule has 0 radical (unpaired) electrons. The Kier molecular flexibility index (Phi) is 7.04. The lowest BCUT2D eigenvalue weighted by Crippen LogP contribution is -2.29. The van der Waals surface area contributed by atoms with Crippen LogP contribution < -0.4 is 14.5 Å². The molecule has 0 unspecified atom stereocenters. The number of anilines is 1. The molecule has 1 heterocycles. The van der Waals surface area contributed by atoms with E-state index in [-0.39, 0.29) is 0 Å². The number of hydrogen-bond donors (Lipinski definition) is 0. The maximum Gasteiger partial charge on any atom is 0.209 e. The fraction of sp³-hybridized carbons (Fsp3) is 0.375. The molecule has 0 atom stereocenters. The molecule has 0 fully saturated rings. The molecule has 2 rings (SSSR count). The smallest absolute Gasteiger partial charge is 0.209 e. The summed E-state index contributed by atoms with van der Waals surface area (Å²) in [5.74, 6) is 0. The topological polar surface area (TPSA) is 39.4 Å². The lowest BCUT2D eigenvalue weighted by molar-refractivity contribution is 0.624. The SMILES string of the molecule is CN(C)C(=S)/N=c1\ss/c(=N\C(=S)N(C)C)n1-c1ccc(N(C)C)cc1. The van der Waals surface area contributed by atoms with Crippen molar-refractivity contribution in [2.75, 3.05) is 47.2 Å². The molecule has 1 aromatic heterocycles. The largest absolute Gasteiger partial charge is 0.378 e. The van der Waals surface area contributed by atoms with Crippen LogP contribution >= 0.6 is 45.1 Å². The van der Waals surface area contributed by atoms with E-state index in [4.69, 9.17) is 24.4 Å². The summed E-state index contributed by atoms with van der Waals surface area (Å²) in [7, 11) is 14.6. The molecule has 0 N–H and O–H groups in total. The zero-order chi connectivity index (χ0) is 19.4. The molecule has 0 saturated heterocycles. The molecule has 0 bridgehead atoms. The summed E-state index contributed by atoms with van der Waals surface area (Å²) in [6.45, 7) is 0. The Labute approximate surface area is 171 Å². The van der Waals surface area contributed by atoms with Crippen molar-refractivity contribution in [3.05, 3.63) is 33.9 Å². The first kappa shape index (κ1) is 20.7. The van der Waals surface area contributed by atoms with Gasteiger partial charge in [0, 0.05) is 48.0 Å². The van der Waals surface area contributed by atoms with E-state index in [0.29, 0.717) is 10.2 Å². The van der Waals surface area contributed by atoms with Crippen LogP contribution in [0.25, 0.3) is 5.69 Å². The lowest BCUT2D eigenvalue weighted by atomic mass is 10.2. The highest BCUT2D eigenvalue weighted by Crippen LogP contribution is 2.14. The van der Waals surface area contributed by atoms with Crippen LogP contribution in [0.5, 0.6) is 0 Å². The van der Waals surface area contributed by atoms with E-state index in [9.17, 15) is 0 Å². The Morgan fingerprint density at radius 3 is 1.58 bits per heavy atom. The van der Waals surface area contributed by atoms with E-state index < -0.39 is 0 Å². The van der Waals surface area contributed by atoms with Crippen LogP contribution in [-0.4, -0.2) is 66.9 Å². The minimum absolute atomic E-state index is 0.513. The Balaban J connectivity index is 2.68. The molecule has 6 nitrogen and oxygen atoms in total. The summed E-state index contributed by atoms with van der Waals surface area (Å²) in [5.41, 5.74) is 2.09. The molecule has 0 aliphatic heterocycles. The third-order valence-electron chi connectivity index (χ3n) is 3.35. The van der Waals surface area contributed by atoms with Crippen molar-refractivity contribution >= 4 is 61.0 Å². The monoisotopic (exact) mass is 426 g/mol. The normalized spacial score (nSPS) is 12.2. The second kappa shape index (κ2) is 8.85. The van der Waals surface area contributed by atoms with Crippen molar-refractivity contribution in [3.63, 3.8) is 0 Å². The van der Waals surface area contributed by atoms with Crippen molar-refractivity contribution in [1.82, 2.24) is 14.4 Å². The molecule has 0 spiro atoms. The highest BCUT2D eigenvalue weighted by atomic mass is 32.9. The predicted molar refractivity (Wildman–Crippen MR) is 120 cm³/mol. The van der Waals surface area contributed by atoms with Gasteiger partial charge in [-0.25, -0.2) is 0 Å². The zero-order valence-corrected chi connectivity index (χ0v) is 18.9. The van der Waals surface area contributed by atoms with Gasteiger partial charge in [0.05, 0.1) is 5.69 Å². The van der Waals surface area contributed by atoms with Gasteiger partial charge in [-0.3, -0.25) is 4.57 Å². The van der Waals surface area contributed by atoms with Crippen molar-refractivity contribution in [3.8, 4) is 5.69 Å². The molecular weight excluding hydrogens is 404 g/mol. The summed E-state index contributed by atoms with van der Waals surface area (Å²) < 4.78 is 1.99. The van der Waals surface area contributed by atoms with Crippen molar-refractivity contribution in [2.24, 2.45) is 9.98 Å². The summed E-state index contributed by atoms with van der Waals surface area (Å²) >= 11 is 10.7. The van der Waals surface area contributed by atoms with E-state index in [2.05, 4.69) is 27.0 Å². The zero-order valence-electron chi connectivity index (χ0n) is 15.6. The van der Waals surface area contributed by atoms with E-state index in [1.807, 2.05) is 59.0 Å². The third kappa shape index (κ3) is 4.97.